The van der Waals surface area contributed by atoms with Gasteiger partial charge < -0.3 is 29.7 Å². The number of ether oxygens (including phenoxy) is 3. The number of guanidine groups is 1. The Morgan fingerprint density at radius 2 is 1.92 bits per heavy atom. The number of methoxy groups -OCH3 is 3. The van der Waals surface area contributed by atoms with Crippen LogP contribution in [0.5, 0.6) is 11.5 Å². The van der Waals surface area contributed by atoms with Crippen LogP contribution in [0, 0.1) is 0 Å². The van der Waals surface area contributed by atoms with Crippen LogP contribution in [0.25, 0.3) is 0 Å². The molecule has 1 unspecified atom stereocenters. The van der Waals surface area contributed by atoms with E-state index in [0.29, 0.717) is 19.2 Å². The first-order chi connectivity index (χ1) is 12.2. The number of nitrogens with zero attached hydrogens (tertiary/aromatic N) is 2. The van der Waals surface area contributed by atoms with Crippen LogP contribution < -0.4 is 25.0 Å². The Morgan fingerprint density at radius 3 is 2.52 bits per heavy atom. The lowest BCUT2D eigenvalue weighted by molar-refractivity contribution is 0.208. The molecular weight excluding hydrogens is 320 g/mol. The summed E-state index contributed by atoms with van der Waals surface area (Å²) in [6.07, 6.45) is 1.05. The zero-order valence-corrected chi connectivity index (χ0v) is 15.7. The van der Waals surface area contributed by atoms with Crippen molar-refractivity contribution in [2.75, 3.05) is 59.0 Å². The third-order valence-corrected chi connectivity index (χ3v) is 4.14. The molecule has 1 aromatic rings. The van der Waals surface area contributed by atoms with E-state index >= 15 is 0 Å². The summed E-state index contributed by atoms with van der Waals surface area (Å²) in [5.41, 5.74) is 1.11. The summed E-state index contributed by atoms with van der Waals surface area (Å²) in [6.45, 7) is 6.06. The quantitative estimate of drug-likeness (QED) is 0.421. The Balaban J connectivity index is 1.99. The van der Waals surface area contributed by atoms with Crippen molar-refractivity contribution in [3.63, 3.8) is 0 Å². The summed E-state index contributed by atoms with van der Waals surface area (Å²) in [5.74, 6) is 2.45. The van der Waals surface area contributed by atoms with Gasteiger partial charge in [-0.1, -0.05) is 0 Å². The molecular formula is C18H30N4O3. The Kier molecular flexibility index (Phi) is 7.66. The lowest BCUT2D eigenvalue weighted by atomic mass is 10.2. The van der Waals surface area contributed by atoms with Crippen LogP contribution in [-0.2, 0) is 4.74 Å². The van der Waals surface area contributed by atoms with Gasteiger partial charge in [0.05, 0.1) is 27.4 Å². The highest BCUT2D eigenvalue weighted by Gasteiger charge is 2.24. The van der Waals surface area contributed by atoms with Crippen molar-refractivity contribution in [2.24, 2.45) is 4.99 Å². The summed E-state index contributed by atoms with van der Waals surface area (Å²) in [6, 6.07) is 6.32. The van der Waals surface area contributed by atoms with Crippen LogP contribution in [0.4, 0.5) is 5.69 Å². The third-order valence-electron chi connectivity index (χ3n) is 4.14. The number of benzene rings is 1. The zero-order chi connectivity index (χ0) is 18.1. The number of hydrogen-bond acceptors (Lipinski definition) is 5. The minimum Gasteiger partial charge on any atom is -0.497 e. The predicted octanol–water partition coefficient (Wildman–Crippen LogP) is 1.48. The van der Waals surface area contributed by atoms with Crippen molar-refractivity contribution < 1.29 is 14.2 Å². The fourth-order valence-electron chi connectivity index (χ4n) is 2.85. The molecule has 0 aromatic heterocycles. The molecule has 140 valence electrons. The first-order valence-electron chi connectivity index (χ1n) is 8.72. The molecule has 2 rings (SSSR count). The largest absolute Gasteiger partial charge is 0.497 e. The zero-order valence-electron chi connectivity index (χ0n) is 15.7. The van der Waals surface area contributed by atoms with Gasteiger partial charge >= 0.3 is 0 Å². The van der Waals surface area contributed by atoms with Gasteiger partial charge in [-0.15, -0.1) is 0 Å². The van der Waals surface area contributed by atoms with Gasteiger partial charge in [-0.3, -0.25) is 4.99 Å². The molecule has 7 heteroatoms. The van der Waals surface area contributed by atoms with E-state index in [9.17, 15) is 0 Å². The normalized spacial score (nSPS) is 17.5. The topological polar surface area (TPSA) is 67.4 Å². The maximum Gasteiger partial charge on any atom is 0.191 e. The van der Waals surface area contributed by atoms with E-state index in [0.717, 1.165) is 49.2 Å². The van der Waals surface area contributed by atoms with Crippen LogP contribution in [0.3, 0.4) is 0 Å². The highest BCUT2D eigenvalue weighted by molar-refractivity contribution is 5.80. The SMILES string of the molecule is CCNC(=NCCOC)NC1CCN(c2cc(OC)cc(OC)c2)C1. The Morgan fingerprint density at radius 1 is 1.20 bits per heavy atom. The first-order valence-corrected chi connectivity index (χ1v) is 8.72. The van der Waals surface area contributed by atoms with E-state index in [1.807, 2.05) is 18.2 Å². The number of hydrogen-bond donors (Lipinski definition) is 2. The summed E-state index contributed by atoms with van der Waals surface area (Å²) < 4.78 is 15.8. The van der Waals surface area contributed by atoms with Gasteiger partial charge in [-0.25, -0.2) is 0 Å². The highest BCUT2D eigenvalue weighted by atomic mass is 16.5. The van der Waals surface area contributed by atoms with Gasteiger partial charge in [0, 0.05) is 56.7 Å². The molecule has 1 heterocycles. The van der Waals surface area contributed by atoms with E-state index in [1.165, 1.54) is 0 Å². The maximum atomic E-state index is 5.37. The number of nitrogens with one attached hydrogen (secondary N) is 2. The molecule has 25 heavy (non-hydrogen) atoms. The van der Waals surface area contributed by atoms with Crippen molar-refractivity contribution in [1.82, 2.24) is 10.6 Å². The molecule has 1 aromatic carbocycles. The van der Waals surface area contributed by atoms with Gasteiger partial charge in [0.25, 0.3) is 0 Å². The van der Waals surface area contributed by atoms with Crippen molar-refractivity contribution in [3.8, 4) is 11.5 Å². The lowest BCUT2D eigenvalue weighted by Crippen LogP contribution is -2.44. The van der Waals surface area contributed by atoms with Crippen LogP contribution in [-0.4, -0.2) is 66.1 Å². The molecule has 0 amide bonds. The molecule has 1 fully saturated rings. The molecule has 1 aliphatic heterocycles. The monoisotopic (exact) mass is 350 g/mol. The van der Waals surface area contributed by atoms with Crippen LogP contribution in [0.15, 0.2) is 23.2 Å². The molecule has 0 aliphatic carbocycles. The van der Waals surface area contributed by atoms with Gasteiger partial charge in [-0.05, 0) is 13.3 Å². The summed E-state index contributed by atoms with van der Waals surface area (Å²) in [4.78, 5) is 6.86. The Labute approximate surface area is 150 Å². The standard InChI is InChI=1S/C18H30N4O3/c1-5-19-18(20-7-9-23-2)21-14-6-8-22(13-14)15-10-16(24-3)12-17(11-15)25-4/h10-12,14H,5-9,13H2,1-4H3,(H2,19,20,21). The average Bonchev–Trinajstić information content (AvgIpc) is 3.10. The summed E-state index contributed by atoms with van der Waals surface area (Å²) >= 11 is 0. The van der Waals surface area contributed by atoms with Crippen molar-refractivity contribution in [1.29, 1.82) is 0 Å². The highest BCUT2D eigenvalue weighted by Crippen LogP contribution is 2.30. The van der Waals surface area contributed by atoms with E-state index < -0.39 is 0 Å². The van der Waals surface area contributed by atoms with Crippen molar-refractivity contribution in [2.45, 2.75) is 19.4 Å². The Hall–Kier alpha value is -2.15. The van der Waals surface area contributed by atoms with E-state index in [1.54, 1.807) is 21.3 Å². The number of rotatable bonds is 8. The van der Waals surface area contributed by atoms with Crippen LogP contribution in [0.1, 0.15) is 13.3 Å². The Bertz CT molecular complexity index is 543. The van der Waals surface area contributed by atoms with Crippen LogP contribution >= 0.6 is 0 Å². The molecule has 1 atom stereocenters. The van der Waals surface area contributed by atoms with Crippen LogP contribution in [0.2, 0.25) is 0 Å². The second-order valence-corrected chi connectivity index (χ2v) is 5.90. The van der Waals surface area contributed by atoms with Gasteiger partial charge in [0.1, 0.15) is 11.5 Å². The van der Waals surface area contributed by atoms with E-state index in [2.05, 4.69) is 27.4 Å². The predicted molar refractivity (Wildman–Crippen MR) is 101 cm³/mol. The van der Waals surface area contributed by atoms with Gasteiger partial charge in [0.15, 0.2) is 5.96 Å². The second-order valence-electron chi connectivity index (χ2n) is 5.90. The maximum absolute atomic E-state index is 5.37. The fourth-order valence-corrected chi connectivity index (χ4v) is 2.85. The second kappa shape index (κ2) is 9.98. The van der Waals surface area contributed by atoms with Crippen molar-refractivity contribution >= 4 is 11.6 Å². The molecule has 1 aliphatic rings. The smallest absolute Gasteiger partial charge is 0.191 e. The molecule has 0 saturated carbocycles. The fraction of sp³-hybridized carbons (Fsp3) is 0.611. The number of anilines is 1. The van der Waals surface area contributed by atoms with Gasteiger partial charge in [0.2, 0.25) is 0 Å². The first kappa shape index (κ1) is 19.2. The van der Waals surface area contributed by atoms with E-state index in [-0.39, 0.29) is 0 Å². The molecule has 2 N–H and O–H groups in total. The molecule has 0 radical (unpaired) electrons. The average molecular weight is 350 g/mol. The molecule has 0 spiro atoms. The van der Waals surface area contributed by atoms with Crippen molar-refractivity contribution in [3.05, 3.63) is 18.2 Å². The lowest BCUT2D eigenvalue weighted by Gasteiger charge is -2.21. The van der Waals surface area contributed by atoms with E-state index in [4.69, 9.17) is 14.2 Å². The number of aliphatic imine (C=N–C) groups is 1. The van der Waals surface area contributed by atoms with Gasteiger partial charge in [-0.2, -0.15) is 0 Å². The molecule has 0 bridgehead atoms. The minimum absolute atomic E-state index is 0.345. The third kappa shape index (κ3) is 5.70. The summed E-state index contributed by atoms with van der Waals surface area (Å²) in [7, 11) is 5.03. The minimum atomic E-state index is 0.345. The molecule has 7 nitrogen and oxygen atoms in total. The molecule has 1 saturated heterocycles. The summed E-state index contributed by atoms with van der Waals surface area (Å²) in [5, 5.41) is 6.80.